The van der Waals surface area contributed by atoms with Gasteiger partial charge in [-0.15, -0.1) is 0 Å². The van der Waals surface area contributed by atoms with Crippen LogP contribution in [0.5, 0.6) is 5.75 Å². The molecule has 1 saturated carbocycles. The van der Waals surface area contributed by atoms with Gasteiger partial charge in [-0.2, -0.15) is 0 Å². The molecule has 1 amide bonds. The van der Waals surface area contributed by atoms with E-state index in [0.29, 0.717) is 11.5 Å². The van der Waals surface area contributed by atoms with Crippen LogP contribution in [-0.4, -0.2) is 46.0 Å². The predicted octanol–water partition coefficient (Wildman–Crippen LogP) is 5.16. The minimum absolute atomic E-state index is 0.0275. The molecule has 3 aliphatic rings. The number of aryl methyl sites for hydroxylation is 1. The van der Waals surface area contributed by atoms with Crippen molar-refractivity contribution in [2.24, 2.45) is 5.41 Å². The van der Waals surface area contributed by atoms with Gasteiger partial charge in [-0.05, 0) is 81.7 Å². The number of hydrogen-bond donors (Lipinski definition) is 2. The molecule has 1 spiro atoms. The molecular formula is C28H34N4O3. The van der Waals surface area contributed by atoms with Crippen LogP contribution in [0.15, 0.2) is 36.4 Å². The van der Waals surface area contributed by atoms with E-state index >= 15 is 0 Å². The lowest BCUT2D eigenvalue weighted by molar-refractivity contribution is 0.00822. The molecule has 35 heavy (non-hydrogen) atoms. The molecule has 2 aromatic carbocycles. The summed E-state index contributed by atoms with van der Waals surface area (Å²) in [4.78, 5) is 18.8. The van der Waals surface area contributed by atoms with Crippen LogP contribution in [0.2, 0.25) is 0 Å². The summed E-state index contributed by atoms with van der Waals surface area (Å²) in [5.41, 5.74) is 5.60. The third kappa shape index (κ3) is 3.77. The molecule has 0 radical (unpaired) electrons. The fourth-order valence-corrected chi connectivity index (χ4v) is 6.34. The standard InChI is InChI=1S/C28H34N4O3/c1-17(2)35-21-6-4-5-19(11-21)12-25-30-26-22-8-7-18(3)31(27(33)34)23(22)9-10-24(26)32(25)20-13-28(14-20)15-29-16-28/h4-6,9-11,17-18,20,29H,7-8,12-16H2,1-3H3,(H,33,34)/t18-/m0/s1. The third-order valence-corrected chi connectivity index (χ3v) is 8.07. The van der Waals surface area contributed by atoms with Gasteiger partial charge in [0.25, 0.3) is 0 Å². The van der Waals surface area contributed by atoms with E-state index in [0.717, 1.165) is 66.2 Å². The third-order valence-electron chi connectivity index (χ3n) is 8.07. The molecule has 7 nitrogen and oxygen atoms in total. The number of nitrogens with zero attached hydrogens (tertiary/aromatic N) is 3. The topological polar surface area (TPSA) is 79.6 Å². The van der Waals surface area contributed by atoms with Crippen molar-refractivity contribution in [3.63, 3.8) is 0 Å². The second-order valence-corrected chi connectivity index (χ2v) is 11.0. The Balaban J connectivity index is 1.43. The van der Waals surface area contributed by atoms with E-state index in [4.69, 9.17) is 9.72 Å². The van der Waals surface area contributed by atoms with Gasteiger partial charge in [-0.1, -0.05) is 12.1 Å². The van der Waals surface area contributed by atoms with Crippen molar-refractivity contribution in [1.29, 1.82) is 0 Å². The average molecular weight is 475 g/mol. The van der Waals surface area contributed by atoms with E-state index in [-0.39, 0.29) is 12.1 Å². The molecule has 1 aliphatic carbocycles. The fourth-order valence-electron chi connectivity index (χ4n) is 6.34. The SMILES string of the molecule is CC(C)Oc1cccc(Cc2nc3c4c(ccc3n2C2CC3(CNC3)C2)N(C(=O)O)[C@@H](C)CC4)c1. The normalized spacial score (nSPS) is 21.1. The van der Waals surface area contributed by atoms with Crippen LogP contribution in [0.25, 0.3) is 11.0 Å². The zero-order valence-electron chi connectivity index (χ0n) is 20.8. The van der Waals surface area contributed by atoms with Gasteiger partial charge in [0.05, 0.1) is 22.8 Å². The number of benzene rings is 2. The van der Waals surface area contributed by atoms with E-state index in [2.05, 4.69) is 28.1 Å². The second-order valence-electron chi connectivity index (χ2n) is 11.0. The molecule has 184 valence electrons. The Labute approximate surface area is 206 Å². The molecule has 7 heteroatoms. The number of nitrogens with one attached hydrogen (secondary N) is 1. The first-order chi connectivity index (χ1) is 16.8. The summed E-state index contributed by atoms with van der Waals surface area (Å²) in [6.45, 7) is 8.29. The molecule has 3 aromatic rings. The van der Waals surface area contributed by atoms with Gasteiger partial charge in [0.1, 0.15) is 11.6 Å². The monoisotopic (exact) mass is 474 g/mol. The second kappa shape index (κ2) is 8.26. The number of rotatable bonds is 5. The summed E-state index contributed by atoms with van der Waals surface area (Å²) in [6, 6.07) is 12.8. The Kier molecular flexibility index (Phi) is 5.29. The van der Waals surface area contributed by atoms with Gasteiger partial charge in [0.2, 0.25) is 0 Å². The van der Waals surface area contributed by atoms with Crippen molar-refractivity contribution in [2.45, 2.75) is 71.1 Å². The number of aromatic nitrogens is 2. The highest BCUT2D eigenvalue weighted by atomic mass is 16.5. The first-order valence-corrected chi connectivity index (χ1v) is 12.8. The summed E-state index contributed by atoms with van der Waals surface area (Å²) in [6.07, 6.45) is 3.97. The number of ether oxygens (including phenoxy) is 1. The summed E-state index contributed by atoms with van der Waals surface area (Å²) < 4.78 is 8.39. The molecule has 6 rings (SSSR count). The molecule has 0 bridgehead atoms. The van der Waals surface area contributed by atoms with Crippen LogP contribution in [0.1, 0.15) is 63.0 Å². The van der Waals surface area contributed by atoms with Crippen LogP contribution < -0.4 is 15.0 Å². The molecule has 3 heterocycles. The molecule has 1 aromatic heterocycles. The fraction of sp³-hybridized carbons (Fsp3) is 0.500. The van der Waals surface area contributed by atoms with Crippen molar-refractivity contribution < 1.29 is 14.6 Å². The van der Waals surface area contributed by atoms with E-state index in [1.54, 1.807) is 0 Å². The minimum atomic E-state index is -0.891. The number of anilines is 1. The highest BCUT2D eigenvalue weighted by molar-refractivity contribution is 5.94. The number of fused-ring (bicyclic) bond motifs is 3. The van der Waals surface area contributed by atoms with Crippen molar-refractivity contribution in [3.8, 4) is 5.75 Å². The predicted molar refractivity (Wildman–Crippen MR) is 137 cm³/mol. The highest BCUT2D eigenvalue weighted by Crippen LogP contribution is 2.52. The lowest BCUT2D eigenvalue weighted by Crippen LogP contribution is -2.60. The lowest BCUT2D eigenvalue weighted by Gasteiger charge is -2.55. The van der Waals surface area contributed by atoms with Crippen LogP contribution >= 0.6 is 0 Å². The van der Waals surface area contributed by atoms with Gasteiger partial charge in [0.15, 0.2) is 0 Å². The van der Waals surface area contributed by atoms with Gasteiger partial charge in [-0.25, -0.2) is 9.78 Å². The first-order valence-electron chi connectivity index (χ1n) is 12.8. The van der Waals surface area contributed by atoms with Crippen LogP contribution in [0, 0.1) is 5.41 Å². The average Bonchev–Trinajstić information content (AvgIpc) is 3.09. The largest absolute Gasteiger partial charge is 0.491 e. The number of carboxylic acid groups (broad SMARTS) is 1. The van der Waals surface area contributed by atoms with Crippen molar-refractivity contribution in [2.75, 3.05) is 18.0 Å². The van der Waals surface area contributed by atoms with E-state index in [1.165, 1.54) is 23.3 Å². The Bertz CT molecular complexity index is 1280. The zero-order chi connectivity index (χ0) is 24.3. The van der Waals surface area contributed by atoms with Crippen molar-refractivity contribution in [3.05, 3.63) is 53.3 Å². The van der Waals surface area contributed by atoms with E-state index < -0.39 is 6.09 Å². The van der Waals surface area contributed by atoms with Gasteiger partial charge in [-0.3, -0.25) is 4.90 Å². The number of hydrogen-bond acceptors (Lipinski definition) is 4. The van der Waals surface area contributed by atoms with E-state index in [9.17, 15) is 9.90 Å². The molecule has 2 aliphatic heterocycles. The summed E-state index contributed by atoms with van der Waals surface area (Å²) in [5, 5.41) is 13.3. The molecule has 1 atom stereocenters. The first kappa shape index (κ1) is 22.4. The lowest BCUT2D eigenvalue weighted by atomic mass is 9.61. The minimum Gasteiger partial charge on any atom is -0.491 e. The van der Waals surface area contributed by atoms with Crippen LogP contribution in [0.3, 0.4) is 0 Å². The smallest absolute Gasteiger partial charge is 0.412 e. The molecule has 0 unspecified atom stereocenters. The summed E-state index contributed by atoms with van der Waals surface area (Å²) >= 11 is 0. The quantitative estimate of drug-likeness (QED) is 0.534. The van der Waals surface area contributed by atoms with Crippen LogP contribution in [0.4, 0.5) is 10.5 Å². The molecular weight excluding hydrogens is 440 g/mol. The zero-order valence-corrected chi connectivity index (χ0v) is 20.8. The van der Waals surface area contributed by atoms with Gasteiger partial charge in [0, 0.05) is 37.2 Å². The Morgan fingerprint density at radius 1 is 1.26 bits per heavy atom. The molecule has 2 N–H and O–H groups in total. The van der Waals surface area contributed by atoms with Crippen molar-refractivity contribution >= 4 is 22.8 Å². The number of amides is 1. The van der Waals surface area contributed by atoms with Crippen molar-refractivity contribution in [1.82, 2.24) is 14.9 Å². The van der Waals surface area contributed by atoms with E-state index in [1.807, 2.05) is 39.0 Å². The summed E-state index contributed by atoms with van der Waals surface area (Å²) in [5.74, 6) is 1.94. The highest BCUT2D eigenvalue weighted by Gasteiger charge is 2.49. The maximum atomic E-state index is 12.0. The Morgan fingerprint density at radius 2 is 2.06 bits per heavy atom. The number of imidazole rings is 1. The number of carbonyl (C=O) groups is 1. The maximum Gasteiger partial charge on any atom is 0.412 e. The van der Waals surface area contributed by atoms with Gasteiger partial charge >= 0.3 is 6.09 Å². The van der Waals surface area contributed by atoms with Crippen LogP contribution in [-0.2, 0) is 12.8 Å². The maximum absolute atomic E-state index is 12.0. The summed E-state index contributed by atoms with van der Waals surface area (Å²) in [7, 11) is 0. The Hall–Kier alpha value is -3.06. The molecule has 1 saturated heterocycles. The molecule has 2 fully saturated rings. The van der Waals surface area contributed by atoms with Gasteiger partial charge < -0.3 is 19.7 Å². The Morgan fingerprint density at radius 3 is 2.74 bits per heavy atom.